The lowest BCUT2D eigenvalue weighted by Gasteiger charge is -2.48. The van der Waals surface area contributed by atoms with Crippen molar-refractivity contribution in [2.24, 2.45) is 11.1 Å². The molecule has 1 aromatic carbocycles. The molecular formula is C19H19N5O3. The van der Waals surface area contributed by atoms with Gasteiger partial charge in [0.2, 0.25) is 0 Å². The first-order valence-electron chi connectivity index (χ1n) is 8.89. The second kappa shape index (κ2) is 5.35. The minimum absolute atomic E-state index is 0.000855. The summed E-state index contributed by atoms with van der Waals surface area (Å²) in [6, 6.07) is 7.85. The number of amides is 2. The normalized spacial score (nSPS) is 18.4. The number of nitrogens with one attached hydrogen (secondary N) is 1. The highest BCUT2D eigenvalue weighted by Crippen LogP contribution is 2.44. The number of hydrogen-bond acceptors (Lipinski definition) is 4. The number of carbonyl (C=O) groups is 2. The number of primary amides is 1. The molecule has 4 heterocycles. The van der Waals surface area contributed by atoms with Crippen LogP contribution in [0.15, 0.2) is 30.5 Å². The fraction of sp³-hybridized carbons (Fsp3) is 0.316. The Kier molecular flexibility index (Phi) is 3.16. The topological polar surface area (TPSA) is 116 Å². The number of carboxylic acid groups (broad SMARTS) is 1. The van der Waals surface area contributed by atoms with Crippen molar-refractivity contribution in [3.8, 4) is 0 Å². The minimum atomic E-state index is -0.853. The van der Waals surface area contributed by atoms with Gasteiger partial charge in [-0.25, -0.2) is 9.78 Å². The monoisotopic (exact) mass is 365 g/mol. The summed E-state index contributed by atoms with van der Waals surface area (Å²) in [5.74, 6) is 0.297. The fourth-order valence-electron chi connectivity index (χ4n) is 4.53. The summed E-state index contributed by atoms with van der Waals surface area (Å²) >= 11 is 0. The van der Waals surface area contributed by atoms with E-state index < -0.39 is 12.0 Å². The number of fused-ring (bicyclic) bond motifs is 3. The number of H-pyrrole nitrogens is 1. The molecular weight excluding hydrogens is 346 g/mol. The zero-order valence-corrected chi connectivity index (χ0v) is 14.6. The number of rotatable bonds is 2. The van der Waals surface area contributed by atoms with Gasteiger partial charge in [0.25, 0.3) is 5.91 Å². The third-order valence-electron chi connectivity index (χ3n) is 5.84. The number of para-hydroxylation sites is 1. The number of hydrogen-bond donors (Lipinski definition) is 3. The van der Waals surface area contributed by atoms with Crippen molar-refractivity contribution in [3.05, 3.63) is 36.0 Å². The van der Waals surface area contributed by atoms with Gasteiger partial charge in [0.15, 0.2) is 0 Å². The van der Waals surface area contributed by atoms with Crippen molar-refractivity contribution in [1.82, 2.24) is 14.9 Å². The van der Waals surface area contributed by atoms with E-state index in [0.717, 1.165) is 41.6 Å². The van der Waals surface area contributed by atoms with Crippen molar-refractivity contribution in [2.75, 3.05) is 31.1 Å². The molecule has 2 aliphatic rings. The molecule has 2 fully saturated rings. The van der Waals surface area contributed by atoms with Gasteiger partial charge in [0.05, 0.1) is 16.5 Å². The van der Waals surface area contributed by atoms with E-state index in [4.69, 9.17) is 5.73 Å². The van der Waals surface area contributed by atoms with Crippen LogP contribution in [0.4, 0.5) is 10.6 Å². The quantitative estimate of drug-likeness (QED) is 0.642. The predicted molar refractivity (Wildman–Crippen MR) is 101 cm³/mol. The van der Waals surface area contributed by atoms with Crippen LogP contribution in [0, 0.1) is 5.41 Å². The van der Waals surface area contributed by atoms with Gasteiger partial charge in [-0.15, -0.1) is 0 Å². The first-order chi connectivity index (χ1) is 13.0. The maximum atomic E-state index is 11.8. The van der Waals surface area contributed by atoms with Crippen molar-refractivity contribution < 1.29 is 14.7 Å². The number of aromatic nitrogens is 2. The van der Waals surface area contributed by atoms with Crippen LogP contribution in [-0.2, 0) is 0 Å². The Hall–Kier alpha value is -3.29. The lowest BCUT2D eigenvalue weighted by Crippen LogP contribution is -2.58. The highest BCUT2D eigenvalue weighted by atomic mass is 16.4. The maximum Gasteiger partial charge on any atom is 0.407 e. The van der Waals surface area contributed by atoms with Crippen LogP contribution in [0.5, 0.6) is 0 Å². The molecule has 8 heteroatoms. The molecule has 0 atom stereocenters. The SMILES string of the molecule is NC(=O)c1cnc(N2CC3(CCN(C(=O)O)C3)C2)c2c1[nH]c1ccccc12. The van der Waals surface area contributed by atoms with E-state index in [1.807, 2.05) is 24.3 Å². The minimum Gasteiger partial charge on any atom is -0.465 e. The molecule has 2 saturated heterocycles. The third kappa shape index (κ3) is 2.26. The van der Waals surface area contributed by atoms with Crippen LogP contribution in [0.2, 0.25) is 0 Å². The highest BCUT2D eigenvalue weighted by molar-refractivity contribution is 6.18. The Morgan fingerprint density at radius 2 is 2.00 bits per heavy atom. The van der Waals surface area contributed by atoms with Crippen LogP contribution in [0.25, 0.3) is 21.8 Å². The van der Waals surface area contributed by atoms with Crippen molar-refractivity contribution in [3.63, 3.8) is 0 Å². The first kappa shape index (κ1) is 15.9. The molecule has 0 bridgehead atoms. The van der Waals surface area contributed by atoms with Crippen LogP contribution in [-0.4, -0.2) is 58.2 Å². The largest absolute Gasteiger partial charge is 0.465 e. The summed E-state index contributed by atoms with van der Waals surface area (Å²) in [4.78, 5) is 34.6. The van der Waals surface area contributed by atoms with E-state index in [-0.39, 0.29) is 5.41 Å². The number of benzene rings is 1. The van der Waals surface area contributed by atoms with Gasteiger partial charge >= 0.3 is 6.09 Å². The Balaban J connectivity index is 1.56. The molecule has 0 aliphatic carbocycles. The van der Waals surface area contributed by atoms with Crippen LogP contribution in [0.3, 0.4) is 0 Å². The predicted octanol–water partition coefficient (Wildman–Crippen LogP) is 2.01. The van der Waals surface area contributed by atoms with Gasteiger partial charge in [-0.1, -0.05) is 18.2 Å². The number of carbonyl (C=O) groups excluding carboxylic acids is 1. The molecule has 2 aliphatic heterocycles. The molecule has 4 N–H and O–H groups in total. The van der Waals surface area contributed by atoms with Gasteiger partial charge in [0, 0.05) is 48.7 Å². The van der Waals surface area contributed by atoms with Crippen molar-refractivity contribution >= 4 is 39.6 Å². The number of nitrogens with two attached hydrogens (primary N) is 1. The third-order valence-corrected chi connectivity index (χ3v) is 5.84. The van der Waals surface area contributed by atoms with Crippen LogP contribution < -0.4 is 10.6 Å². The first-order valence-corrected chi connectivity index (χ1v) is 8.89. The van der Waals surface area contributed by atoms with E-state index in [2.05, 4.69) is 14.9 Å². The summed E-state index contributed by atoms with van der Waals surface area (Å²) in [6.45, 7) is 2.66. The second-order valence-corrected chi connectivity index (χ2v) is 7.59. The highest BCUT2D eigenvalue weighted by Gasteiger charge is 2.49. The van der Waals surface area contributed by atoms with Gasteiger partial charge in [-0.2, -0.15) is 0 Å². The van der Waals surface area contributed by atoms with E-state index in [9.17, 15) is 14.7 Å². The molecule has 0 unspecified atom stereocenters. The van der Waals surface area contributed by atoms with E-state index >= 15 is 0 Å². The number of pyridine rings is 1. The molecule has 3 aromatic rings. The summed E-state index contributed by atoms with van der Waals surface area (Å²) in [5.41, 5.74) is 7.54. The molecule has 1 spiro atoms. The van der Waals surface area contributed by atoms with Crippen LogP contribution in [0.1, 0.15) is 16.8 Å². The Morgan fingerprint density at radius 1 is 1.22 bits per heavy atom. The zero-order chi connectivity index (χ0) is 18.8. The average Bonchev–Trinajstić information content (AvgIpc) is 3.22. The van der Waals surface area contributed by atoms with Crippen molar-refractivity contribution in [2.45, 2.75) is 6.42 Å². The summed E-state index contributed by atoms with van der Waals surface area (Å²) in [5, 5.41) is 11.1. The van der Waals surface area contributed by atoms with Gasteiger partial charge in [0.1, 0.15) is 5.82 Å². The lowest BCUT2D eigenvalue weighted by molar-refractivity contribution is 0.100. The van der Waals surface area contributed by atoms with E-state index in [0.29, 0.717) is 24.2 Å². The summed E-state index contributed by atoms with van der Waals surface area (Å²) < 4.78 is 0. The molecule has 0 saturated carbocycles. The van der Waals surface area contributed by atoms with E-state index in [1.54, 1.807) is 0 Å². The second-order valence-electron chi connectivity index (χ2n) is 7.59. The van der Waals surface area contributed by atoms with Gasteiger partial charge < -0.3 is 25.6 Å². The molecule has 8 nitrogen and oxygen atoms in total. The van der Waals surface area contributed by atoms with Crippen LogP contribution >= 0.6 is 0 Å². The van der Waals surface area contributed by atoms with Gasteiger partial charge in [-0.05, 0) is 12.5 Å². The van der Waals surface area contributed by atoms with Crippen molar-refractivity contribution in [1.29, 1.82) is 0 Å². The molecule has 27 heavy (non-hydrogen) atoms. The fourth-order valence-corrected chi connectivity index (χ4v) is 4.53. The standard InChI is InChI=1S/C19H19N5O3/c20-16(25)12-7-21-17(14-11-3-1-2-4-13(11)22-15(12)14)24-9-19(10-24)5-6-23(8-19)18(26)27/h1-4,7,22H,5-6,8-10H2,(H2,20,25)(H,26,27). The Labute approximate surface area is 154 Å². The Bertz CT molecular complexity index is 1100. The molecule has 0 radical (unpaired) electrons. The zero-order valence-electron chi connectivity index (χ0n) is 14.6. The summed E-state index contributed by atoms with van der Waals surface area (Å²) in [7, 11) is 0. The Morgan fingerprint density at radius 3 is 2.70 bits per heavy atom. The van der Waals surface area contributed by atoms with E-state index in [1.165, 1.54) is 11.1 Å². The molecule has 5 rings (SSSR count). The summed E-state index contributed by atoms with van der Waals surface area (Å²) in [6.07, 6.45) is 1.54. The maximum absolute atomic E-state index is 11.8. The molecule has 138 valence electrons. The number of nitrogens with zero attached hydrogens (tertiary/aromatic N) is 3. The lowest BCUT2D eigenvalue weighted by atomic mass is 9.79. The molecule has 2 amide bonds. The number of likely N-dealkylation sites (tertiary alicyclic amines) is 1. The number of aromatic amines is 1. The molecule has 2 aromatic heterocycles. The smallest absolute Gasteiger partial charge is 0.407 e. The number of anilines is 1. The average molecular weight is 365 g/mol. The van der Waals surface area contributed by atoms with Gasteiger partial charge in [-0.3, -0.25) is 4.79 Å².